The lowest BCUT2D eigenvalue weighted by atomic mass is 9.96. The zero-order valence-corrected chi connectivity index (χ0v) is 22.3. The van der Waals surface area contributed by atoms with Gasteiger partial charge in [0.2, 0.25) is 0 Å². The van der Waals surface area contributed by atoms with E-state index in [0.717, 1.165) is 11.1 Å². The van der Waals surface area contributed by atoms with Crippen molar-refractivity contribution >= 4 is 29.4 Å². The van der Waals surface area contributed by atoms with Gasteiger partial charge >= 0.3 is 11.9 Å². The minimum atomic E-state index is -1.07. The number of carbonyl (C=O) groups excluding carboxylic acids is 1. The van der Waals surface area contributed by atoms with Crippen LogP contribution in [0.25, 0.3) is 6.08 Å². The second-order valence-electron chi connectivity index (χ2n) is 8.79. The number of carbonyl (C=O) groups is 2. The first-order chi connectivity index (χ1) is 18.2. The number of fused-ring (bicyclic) bond motifs is 1. The van der Waals surface area contributed by atoms with Gasteiger partial charge < -0.3 is 19.3 Å². The number of esters is 1. The number of allylic oxidation sites excluding steroid dienone is 1. The zero-order valence-electron chi connectivity index (χ0n) is 21.5. The minimum absolute atomic E-state index is 0.291. The molecule has 2 heterocycles. The van der Waals surface area contributed by atoms with Crippen LogP contribution in [0.2, 0.25) is 0 Å². The SMILES string of the molecule is CCOc1ccc([C@@H]2C(C(=O)OC(C)C)=C(C)N=c3s/c(=C/c4ccc(OCC(=O)O)cc4)c(=O)n32)cc1. The molecule has 3 aromatic rings. The van der Waals surface area contributed by atoms with Crippen LogP contribution in [0.15, 0.2) is 69.6 Å². The van der Waals surface area contributed by atoms with Crippen molar-refractivity contribution in [3.63, 3.8) is 0 Å². The molecule has 0 fully saturated rings. The highest BCUT2D eigenvalue weighted by Crippen LogP contribution is 2.32. The van der Waals surface area contributed by atoms with Crippen LogP contribution in [-0.2, 0) is 14.3 Å². The molecule has 1 aromatic heterocycles. The van der Waals surface area contributed by atoms with Gasteiger partial charge in [0, 0.05) is 0 Å². The van der Waals surface area contributed by atoms with E-state index in [-0.39, 0.29) is 11.7 Å². The Bertz CT molecular complexity index is 1550. The van der Waals surface area contributed by atoms with Crippen LogP contribution >= 0.6 is 11.3 Å². The number of aromatic nitrogens is 1. The van der Waals surface area contributed by atoms with Gasteiger partial charge in [0.05, 0.1) is 34.6 Å². The molecule has 38 heavy (non-hydrogen) atoms. The Kier molecular flexibility index (Phi) is 8.11. The number of carboxylic acid groups (broad SMARTS) is 1. The van der Waals surface area contributed by atoms with E-state index < -0.39 is 24.6 Å². The third-order valence-corrected chi connectivity index (χ3v) is 6.61. The summed E-state index contributed by atoms with van der Waals surface area (Å²) in [5, 5.41) is 8.78. The van der Waals surface area contributed by atoms with Crippen LogP contribution in [0.4, 0.5) is 0 Å². The summed E-state index contributed by atoms with van der Waals surface area (Å²) >= 11 is 1.22. The maximum Gasteiger partial charge on any atom is 0.341 e. The fourth-order valence-corrected chi connectivity index (χ4v) is 5.09. The molecule has 1 aliphatic rings. The van der Waals surface area contributed by atoms with Crippen molar-refractivity contribution in [1.82, 2.24) is 4.57 Å². The van der Waals surface area contributed by atoms with Crippen LogP contribution in [0.5, 0.6) is 11.5 Å². The lowest BCUT2D eigenvalue weighted by Crippen LogP contribution is -2.40. The number of hydrogen-bond donors (Lipinski definition) is 1. The van der Waals surface area contributed by atoms with Gasteiger partial charge in [-0.05, 0) is 69.2 Å². The third kappa shape index (κ3) is 5.86. The number of rotatable bonds is 9. The fraction of sp³-hybridized carbons (Fsp3) is 0.286. The molecule has 0 unspecified atom stereocenters. The molecular formula is C28H28N2O7S. The van der Waals surface area contributed by atoms with Crippen LogP contribution in [0.1, 0.15) is 44.9 Å². The predicted molar refractivity (Wildman–Crippen MR) is 142 cm³/mol. The molecule has 0 saturated carbocycles. The van der Waals surface area contributed by atoms with Crippen molar-refractivity contribution in [3.8, 4) is 11.5 Å². The van der Waals surface area contributed by atoms with E-state index >= 15 is 0 Å². The molecule has 4 rings (SSSR count). The summed E-state index contributed by atoms with van der Waals surface area (Å²) in [6.07, 6.45) is 1.39. The molecule has 0 saturated heterocycles. The maximum atomic E-state index is 13.7. The van der Waals surface area contributed by atoms with Crippen molar-refractivity contribution in [2.45, 2.75) is 39.8 Å². The van der Waals surface area contributed by atoms with Gasteiger partial charge in [-0.25, -0.2) is 14.6 Å². The van der Waals surface area contributed by atoms with Gasteiger partial charge in [-0.3, -0.25) is 9.36 Å². The van der Waals surface area contributed by atoms with E-state index in [1.54, 1.807) is 51.1 Å². The molecule has 0 aliphatic carbocycles. The lowest BCUT2D eigenvalue weighted by Gasteiger charge is -2.25. The summed E-state index contributed by atoms with van der Waals surface area (Å²) in [7, 11) is 0. The quantitative estimate of drug-likeness (QED) is 0.418. The predicted octanol–water partition coefficient (Wildman–Crippen LogP) is 3.05. The zero-order chi connectivity index (χ0) is 27.4. The van der Waals surface area contributed by atoms with Crippen molar-refractivity contribution < 1.29 is 28.9 Å². The molecular weight excluding hydrogens is 508 g/mol. The largest absolute Gasteiger partial charge is 0.494 e. The standard InChI is InChI=1S/C28H28N2O7S/c1-5-35-20-12-8-19(9-13-20)25-24(27(34)37-16(2)3)17(4)29-28-30(25)26(33)22(38-28)14-18-6-10-21(11-7-18)36-15-23(31)32/h6-14,16,25H,5,15H2,1-4H3,(H,31,32)/b22-14+/t25-/m1/s1. The molecule has 10 heteroatoms. The van der Waals surface area contributed by atoms with E-state index in [4.69, 9.17) is 19.3 Å². The maximum absolute atomic E-state index is 13.7. The first-order valence-electron chi connectivity index (χ1n) is 12.1. The highest BCUT2D eigenvalue weighted by molar-refractivity contribution is 7.07. The Morgan fingerprint density at radius 3 is 2.32 bits per heavy atom. The van der Waals surface area contributed by atoms with Gasteiger partial charge in [-0.1, -0.05) is 35.6 Å². The number of carboxylic acids is 1. The first kappa shape index (κ1) is 26.9. The summed E-state index contributed by atoms with van der Waals surface area (Å²) in [6.45, 7) is 7.26. The average molecular weight is 537 g/mol. The molecule has 1 aliphatic heterocycles. The Balaban J connectivity index is 1.80. The molecule has 0 radical (unpaired) electrons. The minimum Gasteiger partial charge on any atom is -0.494 e. The monoisotopic (exact) mass is 536 g/mol. The topological polar surface area (TPSA) is 116 Å². The molecule has 9 nitrogen and oxygen atoms in total. The van der Waals surface area contributed by atoms with Gasteiger partial charge in [0.25, 0.3) is 5.56 Å². The van der Waals surface area contributed by atoms with Gasteiger partial charge in [-0.2, -0.15) is 0 Å². The molecule has 1 atom stereocenters. The van der Waals surface area contributed by atoms with Crippen molar-refractivity contribution in [1.29, 1.82) is 0 Å². The lowest BCUT2D eigenvalue weighted by molar-refractivity contribution is -0.143. The molecule has 0 bridgehead atoms. The number of thiazole rings is 1. The smallest absolute Gasteiger partial charge is 0.341 e. The van der Waals surface area contributed by atoms with E-state index in [9.17, 15) is 14.4 Å². The van der Waals surface area contributed by atoms with Gasteiger partial charge in [0.1, 0.15) is 11.5 Å². The highest BCUT2D eigenvalue weighted by atomic mass is 32.1. The van der Waals surface area contributed by atoms with Gasteiger partial charge in [-0.15, -0.1) is 0 Å². The summed E-state index contributed by atoms with van der Waals surface area (Å²) in [6, 6.07) is 13.3. The van der Waals surface area contributed by atoms with Crippen LogP contribution < -0.4 is 24.4 Å². The van der Waals surface area contributed by atoms with E-state index in [1.165, 1.54) is 15.9 Å². The Morgan fingerprint density at radius 1 is 1.08 bits per heavy atom. The molecule has 2 aromatic carbocycles. The average Bonchev–Trinajstić information content (AvgIpc) is 3.17. The summed E-state index contributed by atoms with van der Waals surface area (Å²) in [5.74, 6) is -0.493. The summed E-state index contributed by atoms with van der Waals surface area (Å²) in [5.41, 5.74) is 1.96. The third-order valence-electron chi connectivity index (χ3n) is 5.63. The summed E-state index contributed by atoms with van der Waals surface area (Å²) < 4.78 is 18.2. The second-order valence-corrected chi connectivity index (χ2v) is 9.80. The molecule has 198 valence electrons. The van der Waals surface area contributed by atoms with Crippen LogP contribution in [0, 0.1) is 0 Å². The summed E-state index contributed by atoms with van der Waals surface area (Å²) in [4.78, 5) is 42.7. The first-order valence-corrected chi connectivity index (χ1v) is 12.9. The number of nitrogens with zero attached hydrogens (tertiary/aromatic N) is 2. The van der Waals surface area contributed by atoms with E-state index in [1.807, 2.05) is 31.2 Å². The van der Waals surface area contributed by atoms with Crippen LogP contribution in [-0.4, -0.2) is 40.9 Å². The number of benzene rings is 2. The van der Waals surface area contributed by atoms with Crippen LogP contribution in [0.3, 0.4) is 0 Å². The second kappa shape index (κ2) is 11.5. The normalized spacial score (nSPS) is 15.2. The van der Waals surface area contributed by atoms with Crippen molar-refractivity contribution in [2.24, 2.45) is 4.99 Å². The van der Waals surface area contributed by atoms with Crippen molar-refractivity contribution in [2.75, 3.05) is 13.2 Å². The van der Waals surface area contributed by atoms with Gasteiger partial charge in [0.15, 0.2) is 11.4 Å². The Hall–Kier alpha value is -4.18. The molecule has 1 N–H and O–H groups in total. The van der Waals surface area contributed by atoms with Crippen molar-refractivity contribution in [3.05, 3.63) is 90.6 Å². The Labute approximate surface area is 222 Å². The molecule has 0 amide bonds. The molecule has 0 spiro atoms. The Morgan fingerprint density at radius 2 is 1.71 bits per heavy atom. The number of aliphatic carboxylic acids is 1. The van der Waals surface area contributed by atoms with E-state index in [0.29, 0.717) is 38.7 Å². The fourth-order valence-electron chi connectivity index (χ4n) is 4.05. The number of ether oxygens (including phenoxy) is 3. The van der Waals surface area contributed by atoms with E-state index in [2.05, 4.69) is 4.99 Å². The number of hydrogen-bond acceptors (Lipinski definition) is 8. The highest BCUT2D eigenvalue weighted by Gasteiger charge is 2.33.